The fraction of sp³-hybridized carbons (Fsp3) is 0.478. The molecule has 2 aromatic rings. The van der Waals surface area contributed by atoms with Gasteiger partial charge in [0.1, 0.15) is 8.07 Å². The Morgan fingerprint density at radius 3 is 2.00 bits per heavy atom. The molecule has 0 amide bonds. The second kappa shape index (κ2) is 8.87. The Kier molecular flexibility index (Phi) is 7.23. The molecule has 0 bridgehead atoms. The first-order chi connectivity index (χ1) is 14.1. The van der Waals surface area contributed by atoms with Crippen molar-refractivity contribution in [2.75, 3.05) is 0 Å². The van der Waals surface area contributed by atoms with Crippen LogP contribution in [0, 0.1) is 18.4 Å². The number of hydrogen-bond donors (Lipinski definition) is 0. The van der Waals surface area contributed by atoms with Crippen molar-refractivity contribution in [2.45, 2.75) is 70.6 Å². The van der Waals surface area contributed by atoms with Gasteiger partial charge >= 0.3 is 15.6 Å². The lowest BCUT2D eigenvalue weighted by Crippen LogP contribution is -2.43. The second-order valence-electron chi connectivity index (χ2n) is 8.80. The van der Waals surface area contributed by atoms with Gasteiger partial charge in [-0.3, -0.25) is 0 Å². The van der Waals surface area contributed by atoms with Crippen molar-refractivity contribution in [3.8, 4) is 17.2 Å². The predicted molar refractivity (Wildman–Crippen MR) is 122 cm³/mol. The lowest BCUT2D eigenvalue weighted by molar-refractivity contribution is -0.0499. The number of hydrogen-bond acceptors (Lipinski definition) is 3. The highest BCUT2D eigenvalue weighted by atomic mass is 32.2. The largest absolute Gasteiger partial charge is 0.534 e. The maximum Gasteiger partial charge on any atom is 0.534 e. The van der Waals surface area contributed by atoms with Gasteiger partial charge in [0.15, 0.2) is 5.75 Å². The van der Waals surface area contributed by atoms with Crippen molar-refractivity contribution in [2.24, 2.45) is 0 Å². The number of alkyl halides is 3. The summed E-state index contributed by atoms with van der Waals surface area (Å²) in [5.74, 6) is 2.85. The van der Waals surface area contributed by atoms with E-state index in [-0.39, 0.29) is 11.1 Å². The summed E-state index contributed by atoms with van der Waals surface area (Å²) in [6.45, 7) is 14.7. The zero-order valence-corrected chi connectivity index (χ0v) is 20.7. The molecule has 8 heteroatoms. The maximum absolute atomic E-state index is 13.0. The van der Waals surface area contributed by atoms with Crippen LogP contribution in [0.5, 0.6) is 5.75 Å². The second-order valence-corrected chi connectivity index (χ2v) is 15.9. The van der Waals surface area contributed by atoms with E-state index in [4.69, 9.17) is 0 Å². The Labute approximate surface area is 184 Å². The highest BCUT2D eigenvalue weighted by Crippen LogP contribution is 2.41. The van der Waals surface area contributed by atoms with Crippen LogP contribution in [-0.2, 0) is 10.1 Å². The van der Waals surface area contributed by atoms with Gasteiger partial charge < -0.3 is 4.18 Å². The molecule has 0 aliphatic heterocycles. The van der Waals surface area contributed by atoms with Crippen LogP contribution in [0.15, 0.2) is 30.3 Å². The van der Waals surface area contributed by atoms with Crippen LogP contribution < -0.4 is 4.18 Å². The third-order valence-corrected chi connectivity index (χ3v) is 13.1. The molecule has 0 heterocycles. The summed E-state index contributed by atoms with van der Waals surface area (Å²) in [7, 11) is -7.90. The van der Waals surface area contributed by atoms with Crippen LogP contribution in [0.2, 0.25) is 16.6 Å². The molecule has 31 heavy (non-hydrogen) atoms. The van der Waals surface area contributed by atoms with Crippen molar-refractivity contribution in [3.63, 3.8) is 0 Å². The molecule has 2 aromatic carbocycles. The first kappa shape index (κ1) is 25.3. The SMILES string of the molecule is Cc1cc(OS(=O)(=O)C(F)(F)F)c2c(C#C[Si](C(C)C)(C(C)C)C(C)C)cccc2c1. The maximum atomic E-state index is 13.0. The van der Waals surface area contributed by atoms with Gasteiger partial charge in [-0.05, 0) is 46.6 Å². The van der Waals surface area contributed by atoms with Gasteiger partial charge in [0.2, 0.25) is 0 Å². The minimum atomic E-state index is -5.80. The molecule has 0 unspecified atom stereocenters. The molecule has 0 aliphatic carbocycles. The molecule has 0 spiro atoms. The average Bonchev–Trinajstić information content (AvgIpc) is 2.59. The quantitative estimate of drug-likeness (QED) is 0.206. The van der Waals surface area contributed by atoms with Crippen molar-refractivity contribution in [3.05, 3.63) is 41.5 Å². The summed E-state index contributed by atoms with van der Waals surface area (Å²) in [5, 5.41) is 0.845. The van der Waals surface area contributed by atoms with E-state index in [0.717, 1.165) is 0 Å². The molecule has 0 N–H and O–H groups in total. The Hall–Kier alpha value is -1.98. The number of halogens is 3. The molecule has 170 valence electrons. The van der Waals surface area contributed by atoms with Gasteiger partial charge in [-0.15, -0.1) is 5.54 Å². The minimum absolute atomic E-state index is 0.271. The molecule has 0 saturated heterocycles. The van der Waals surface area contributed by atoms with Crippen LogP contribution >= 0.6 is 0 Å². The third-order valence-electron chi connectivity index (χ3n) is 5.85. The van der Waals surface area contributed by atoms with E-state index >= 15 is 0 Å². The van der Waals surface area contributed by atoms with Crippen molar-refractivity contribution >= 4 is 29.0 Å². The van der Waals surface area contributed by atoms with E-state index in [2.05, 4.69) is 57.2 Å². The summed E-state index contributed by atoms with van der Waals surface area (Å²) < 4.78 is 66.8. The van der Waals surface area contributed by atoms with E-state index in [1.807, 2.05) is 0 Å². The summed E-state index contributed by atoms with van der Waals surface area (Å²) >= 11 is 0. The van der Waals surface area contributed by atoms with Crippen LogP contribution in [0.3, 0.4) is 0 Å². The molecule has 0 aromatic heterocycles. The van der Waals surface area contributed by atoms with Crippen molar-refractivity contribution in [1.82, 2.24) is 0 Å². The Morgan fingerprint density at radius 1 is 0.968 bits per heavy atom. The Morgan fingerprint density at radius 2 is 1.52 bits per heavy atom. The van der Waals surface area contributed by atoms with Crippen LogP contribution in [0.4, 0.5) is 13.2 Å². The van der Waals surface area contributed by atoms with E-state index in [1.54, 1.807) is 31.2 Å². The lowest BCUT2D eigenvalue weighted by atomic mass is 10.0. The van der Waals surface area contributed by atoms with E-state index in [1.165, 1.54) is 6.07 Å². The summed E-state index contributed by atoms with van der Waals surface area (Å²) in [5.41, 5.74) is 0.188. The zero-order chi connectivity index (χ0) is 23.8. The van der Waals surface area contributed by atoms with E-state index in [0.29, 0.717) is 33.1 Å². The summed E-state index contributed by atoms with van der Waals surface area (Å²) in [4.78, 5) is 0. The molecular formula is C23H29F3O3SSi. The minimum Gasteiger partial charge on any atom is -0.375 e. The monoisotopic (exact) mass is 470 g/mol. The lowest BCUT2D eigenvalue weighted by Gasteiger charge is -2.38. The number of rotatable bonds is 5. The van der Waals surface area contributed by atoms with Gasteiger partial charge in [-0.2, -0.15) is 21.6 Å². The average molecular weight is 471 g/mol. The molecule has 0 radical (unpaired) electrons. The molecule has 0 aliphatic rings. The number of benzene rings is 2. The van der Waals surface area contributed by atoms with Gasteiger partial charge in [0.25, 0.3) is 0 Å². The Balaban J connectivity index is 2.79. The highest BCUT2D eigenvalue weighted by Gasteiger charge is 2.49. The topological polar surface area (TPSA) is 43.4 Å². The van der Waals surface area contributed by atoms with Crippen LogP contribution in [0.1, 0.15) is 52.7 Å². The highest BCUT2D eigenvalue weighted by molar-refractivity contribution is 7.88. The van der Waals surface area contributed by atoms with Crippen molar-refractivity contribution in [1.29, 1.82) is 0 Å². The fourth-order valence-corrected chi connectivity index (χ4v) is 10.2. The summed E-state index contributed by atoms with van der Waals surface area (Å²) in [6, 6.07) is 8.23. The number of aryl methyl sites for hydroxylation is 1. The molecule has 3 nitrogen and oxygen atoms in total. The van der Waals surface area contributed by atoms with E-state index < -0.39 is 23.7 Å². The van der Waals surface area contributed by atoms with Crippen molar-refractivity contribution < 1.29 is 25.8 Å². The summed E-state index contributed by atoms with van der Waals surface area (Å²) in [6.07, 6.45) is 0. The van der Waals surface area contributed by atoms with Gasteiger partial charge in [-0.1, -0.05) is 65.7 Å². The zero-order valence-electron chi connectivity index (χ0n) is 18.9. The molecule has 0 atom stereocenters. The first-order valence-corrected chi connectivity index (χ1v) is 13.8. The van der Waals surface area contributed by atoms with Gasteiger partial charge in [-0.25, -0.2) is 0 Å². The van der Waals surface area contributed by atoms with Crippen LogP contribution in [0.25, 0.3) is 10.8 Å². The smallest absolute Gasteiger partial charge is 0.375 e. The first-order valence-electron chi connectivity index (χ1n) is 10.2. The normalized spacial score (nSPS) is 13.1. The fourth-order valence-electron chi connectivity index (χ4n) is 4.48. The number of fused-ring (bicyclic) bond motifs is 1. The predicted octanol–water partition coefficient (Wildman–Crippen LogP) is 6.95. The standard InChI is InChI=1S/C23H29F3O3SSi/c1-15(2)31(16(3)4,17(5)6)12-11-19-9-8-10-20-13-18(7)14-21(22(19)20)29-30(27,28)23(24,25)26/h8-10,13-17H,1-7H3. The Bertz CT molecular complexity index is 1100. The molecule has 0 fully saturated rings. The molecular weight excluding hydrogens is 441 g/mol. The van der Waals surface area contributed by atoms with E-state index in [9.17, 15) is 21.6 Å². The third kappa shape index (κ3) is 4.93. The molecule has 0 saturated carbocycles. The van der Waals surface area contributed by atoms with Gasteiger partial charge in [0.05, 0.1) is 0 Å². The van der Waals surface area contributed by atoms with Crippen LogP contribution in [-0.4, -0.2) is 22.0 Å². The van der Waals surface area contributed by atoms with Gasteiger partial charge in [0, 0.05) is 10.9 Å². The molecule has 2 rings (SSSR count).